The fourth-order valence-corrected chi connectivity index (χ4v) is 1.44. The molecule has 1 amide bonds. The number of nitrogens with one attached hydrogen (secondary N) is 1. The van der Waals surface area contributed by atoms with Crippen LogP contribution in [0.2, 0.25) is 0 Å². The summed E-state index contributed by atoms with van der Waals surface area (Å²) < 4.78 is 0. The van der Waals surface area contributed by atoms with Gasteiger partial charge in [-0.3, -0.25) is 9.69 Å². The van der Waals surface area contributed by atoms with Crippen LogP contribution in [0.3, 0.4) is 0 Å². The number of carbonyl (C=O) groups excluding carboxylic acids is 1. The number of Topliss-reactive ketones (excluding diaryl/α,β-unsaturated/α-hetero) is 1. The van der Waals surface area contributed by atoms with E-state index in [0.717, 1.165) is 11.1 Å². The lowest BCUT2D eigenvalue weighted by atomic mass is 10.1. The SMILES string of the molecule is N=[N+]=CC(=O)[C@@H]1CCCN1C(=O)O. The minimum absolute atomic E-state index is 0.386. The number of hydrogen-bond acceptors (Lipinski definition) is 3. The summed E-state index contributed by atoms with van der Waals surface area (Å²) in [6, 6.07) is -0.633. The van der Waals surface area contributed by atoms with Crippen molar-refractivity contribution < 1.29 is 19.5 Å². The molecule has 0 unspecified atom stereocenters. The second kappa shape index (κ2) is 3.82. The molecule has 6 heteroatoms. The molecule has 0 bridgehead atoms. The van der Waals surface area contributed by atoms with Crippen molar-refractivity contribution in [1.29, 1.82) is 5.53 Å². The number of amides is 1. The monoisotopic (exact) mass is 184 g/mol. The van der Waals surface area contributed by atoms with Gasteiger partial charge in [-0.1, -0.05) is 0 Å². The van der Waals surface area contributed by atoms with Gasteiger partial charge in [0.25, 0.3) is 5.78 Å². The highest BCUT2D eigenvalue weighted by molar-refractivity contribution is 6.28. The Hall–Kier alpha value is -1.68. The predicted molar refractivity (Wildman–Crippen MR) is 41.8 cm³/mol. The van der Waals surface area contributed by atoms with Gasteiger partial charge < -0.3 is 5.11 Å². The third-order valence-corrected chi connectivity index (χ3v) is 2.02. The highest BCUT2D eigenvalue weighted by Gasteiger charge is 2.35. The molecular weight excluding hydrogens is 174 g/mol. The first-order chi connectivity index (χ1) is 6.16. The summed E-state index contributed by atoms with van der Waals surface area (Å²) in [4.78, 5) is 25.7. The van der Waals surface area contributed by atoms with E-state index in [1.807, 2.05) is 0 Å². The summed E-state index contributed by atoms with van der Waals surface area (Å²) in [6.07, 6.45) is 0.978. The number of nitrogens with zero attached hydrogens (tertiary/aromatic N) is 2. The van der Waals surface area contributed by atoms with Gasteiger partial charge >= 0.3 is 12.3 Å². The van der Waals surface area contributed by atoms with Crippen LogP contribution >= 0.6 is 0 Å². The van der Waals surface area contributed by atoms with Gasteiger partial charge in [-0.15, -0.1) is 0 Å². The van der Waals surface area contributed by atoms with Crippen LogP contribution in [0.15, 0.2) is 0 Å². The van der Waals surface area contributed by atoms with E-state index >= 15 is 0 Å². The molecule has 13 heavy (non-hydrogen) atoms. The lowest BCUT2D eigenvalue weighted by molar-refractivity contribution is -0.133. The Bertz CT molecular complexity index is 283. The lowest BCUT2D eigenvalue weighted by Gasteiger charge is -2.16. The summed E-state index contributed by atoms with van der Waals surface area (Å²) in [5.74, 6) is -0.407. The molecule has 6 nitrogen and oxygen atoms in total. The molecule has 0 aliphatic carbocycles. The fraction of sp³-hybridized carbons (Fsp3) is 0.571. The molecule has 0 aromatic carbocycles. The number of hydrogen-bond donors (Lipinski definition) is 2. The Morgan fingerprint density at radius 2 is 2.31 bits per heavy atom. The first-order valence-electron chi connectivity index (χ1n) is 3.90. The molecule has 1 rings (SSSR count). The van der Waals surface area contributed by atoms with Crippen molar-refractivity contribution in [2.24, 2.45) is 0 Å². The quantitative estimate of drug-likeness (QED) is 0.359. The smallest absolute Gasteiger partial charge is 0.407 e. The van der Waals surface area contributed by atoms with Gasteiger partial charge in [-0.25, -0.2) is 4.79 Å². The van der Waals surface area contributed by atoms with Crippen LogP contribution in [-0.4, -0.2) is 45.5 Å². The van der Waals surface area contributed by atoms with Crippen LogP contribution < -0.4 is 0 Å². The molecule has 1 heterocycles. The van der Waals surface area contributed by atoms with E-state index in [-0.39, 0.29) is 0 Å². The van der Waals surface area contributed by atoms with Gasteiger partial charge in [0.05, 0.1) is 10.3 Å². The van der Waals surface area contributed by atoms with Crippen molar-refractivity contribution >= 4 is 18.1 Å². The van der Waals surface area contributed by atoms with Gasteiger partial charge in [-0.05, 0) is 12.8 Å². The zero-order chi connectivity index (χ0) is 9.84. The van der Waals surface area contributed by atoms with Crippen LogP contribution in [0.4, 0.5) is 4.79 Å². The number of ketones is 1. The standard InChI is InChI=1S/C7H9N3O3/c8-9-4-6(11)5-2-1-3-10(5)7(12)13/h4-5,8H,1-3H2/p+1/t5-/m0/s1. The lowest BCUT2D eigenvalue weighted by Crippen LogP contribution is -2.40. The third-order valence-electron chi connectivity index (χ3n) is 2.02. The van der Waals surface area contributed by atoms with E-state index in [2.05, 4.69) is 4.79 Å². The van der Waals surface area contributed by atoms with Crippen LogP contribution in [0.25, 0.3) is 0 Å². The maximum atomic E-state index is 11.2. The van der Waals surface area contributed by atoms with Crippen molar-refractivity contribution in [1.82, 2.24) is 4.90 Å². The second-order valence-electron chi connectivity index (χ2n) is 2.79. The Labute approximate surface area is 74.4 Å². The maximum Gasteiger partial charge on any atom is 0.407 e. The molecule has 0 aromatic rings. The Morgan fingerprint density at radius 3 is 2.85 bits per heavy atom. The van der Waals surface area contributed by atoms with Crippen LogP contribution in [0.1, 0.15) is 12.8 Å². The van der Waals surface area contributed by atoms with Crippen LogP contribution in [-0.2, 0) is 4.79 Å². The Kier molecular flexibility index (Phi) is 2.76. The maximum absolute atomic E-state index is 11.2. The number of rotatable bonds is 2. The first kappa shape index (κ1) is 9.41. The molecule has 1 fully saturated rings. The van der Waals surface area contributed by atoms with Crippen molar-refractivity contribution in [2.45, 2.75) is 18.9 Å². The molecule has 0 radical (unpaired) electrons. The van der Waals surface area contributed by atoms with E-state index in [0.29, 0.717) is 19.4 Å². The second-order valence-corrected chi connectivity index (χ2v) is 2.79. The average Bonchev–Trinajstić information content (AvgIpc) is 2.52. The van der Waals surface area contributed by atoms with Gasteiger partial charge in [0.2, 0.25) is 0 Å². The van der Waals surface area contributed by atoms with Crippen molar-refractivity contribution in [3.05, 3.63) is 0 Å². The van der Waals surface area contributed by atoms with Crippen LogP contribution in [0.5, 0.6) is 0 Å². The molecule has 0 saturated carbocycles. The molecule has 0 spiro atoms. The van der Waals surface area contributed by atoms with Gasteiger partial charge in [-0.2, -0.15) is 0 Å². The molecule has 2 N–H and O–H groups in total. The van der Waals surface area contributed by atoms with E-state index < -0.39 is 17.9 Å². The highest BCUT2D eigenvalue weighted by Crippen LogP contribution is 2.17. The molecule has 0 aromatic heterocycles. The van der Waals surface area contributed by atoms with Crippen molar-refractivity contribution in [3.63, 3.8) is 0 Å². The van der Waals surface area contributed by atoms with Crippen LogP contribution in [0, 0.1) is 5.53 Å². The Balaban J connectivity index is 2.73. The van der Waals surface area contributed by atoms with Gasteiger partial charge in [0, 0.05) is 6.54 Å². The molecular formula is C7H10N3O3+. The van der Waals surface area contributed by atoms with Gasteiger partial charge in [0.1, 0.15) is 6.04 Å². The summed E-state index contributed by atoms with van der Waals surface area (Å²) in [7, 11) is 0. The minimum atomic E-state index is -1.09. The number of carboxylic acid groups (broad SMARTS) is 1. The predicted octanol–water partition coefficient (Wildman–Crippen LogP) is 0.00787. The van der Waals surface area contributed by atoms with Gasteiger partial charge in [0.15, 0.2) is 0 Å². The topological polar surface area (TPSA) is 95.6 Å². The summed E-state index contributed by atoms with van der Waals surface area (Å²) in [5.41, 5.74) is 6.45. The first-order valence-corrected chi connectivity index (χ1v) is 3.90. The third kappa shape index (κ3) is 1.91. The van der Waals surface area contributed by atoms with Crippen molar-refractivity contribution in [3.8, 4) is 0 Å². The van der Waals surface area contributed by atoms with E-state index in [1.54, 1.807) is 0 Å². The molecule has 1 saturated heterocycles. The zero-order valence-electron chi connectivity index (χ0n) is 6.93. The Morgan fingerprint density at radius 1 is 1.62 bits per heavy atom. The van der Waals surface area contributed by atoms with E-state index in [1.165, 1.54) is 0 Å². The summed E-state index contributed by atoms with van der Waals surface area (Å²) >= 11 is 0. The summed E-state index contributed by atoms with van der Waals surface area (Å²) in [5, 5.41) is 8.68. The molecule has 1 aliphatic rings. The van der Waals surface area contributed by atoms with E-state index in [9.17, 15) is 9.59 Å². The minimum Gasteiger partial charge on any atom is -0.465 e. The van der Waals surface area contributed by atoms with Crippen molar-refractivity contribution in [2.75, 3.05) is 6.54 Å². The number of likely N-dealkylation sites (tertiary alicyclic amines) is 1. The van der Waals surface area contributed by atoms with E-state index in [4.69, 9.17) is 10.6 Å². The highest BCUT2D eigenvalue weighted by atomic mass is 16.4. The number of carbonyl (C=O) groups is 2. The molecule has 70 valence electrons. The fourth-order valence-electron chi connectivity index (χ4n) is 1.44. The summed E-state index contributed by atoms with van der Waals surface area (Å²) in [6.45, 7) is 0.386. The largest absolute Gasteiger partial charge is 0.465 e. The zero-order valence-corrected chi connectivity index (χ0v) is 6.93. The normalized spacial score (nSPS) is 20.9. The molecule has 1 aliphatic heterocycles. The molecule has 1 atom stereocenters. The average molecular weight is 184 g/mol.